The first-order valence-corrected chi connectivity index (χ1v) is 7.49. The number of rotatable bonds is 4. The summed E-state index contributed by atoms with van der Waals surface area (Å²) in [7, 11) is 0. The molecule has 114 valence electrons. The van der Waals surface area contributed by atoms with Crippen LogP contribution in [-0.4, -0.2) is 46.5 Å². The lowest BCUT2D eigenvalue weighted by Crippen LogP contribution is -2.43. The van der Waals surface area contributed by atoms with Crippen LogP contribution in [0, 0.1) is 5.92 Å². The van der Waals surface area contributed by atoms with Crippen LogP contribution in [-0.2, 0) is 0 Å². The molecule has 2 aliphatic rings. The zero-order valence-electron chi connectivity index (χ0n) is 11.9. The molecule has 1 aliphatic carbocycles. The lowest BCUT2D eigenvalue weighted by atomic mass is 9.99. The molecule has 1 saturated heterocycles. The van der Waals surface area contributed by atoms with Crippen LogP contribution in [0.2, 0.25) is 0 Å². The summed E-state index contributed by atoms with van der Waals surface area (Å²) in [6, 6.07) is 1.42. The largest absolute Gasteiger partial charge is 0.334 e. The highest BCUT2D eigenvalue weighted by Gasteiger charge is 2.35. The van der Waals surface area contributed by atoms with E-state index in [-0.39, 0.29) is 17.6 Å². The van der Waals surface area contributed by atoms with Gasteiger partial charge in [0.05, 0.1) is 0 Å². The number of aromatic nitrogens is 2. The second-order valence-corrected chi connectivity index (χ2v) is 5.90. The SMILES string of the molecule is O=C(c1cc(=O)[nH]c(=O)[nH]1)N(CC1CCCNC1)C1CC1. The third-order valence-electron chi connectivity index (χ3n) is 4.09. The Morgan fingerprint density at radius 3 is 2.67 bits per heavy atom. The van der Waals surface area contributed by atoms with Gasteiger partial charge in [0.15, 0.2) is 0 Å². The lowest BCUT2D eigenvalue weighted by Gasteiger charge is -2.30. The molecule has 7 heteroatoms. The monoisotopic (exact) mass is 292 g/mol. The molecular formula is C14H20N4O3. The average molecular weight is 292 g/mol. The van der Waals surface area contributed by atoms with Crippen molar-refractivity contribution in [3.8, 4) is 0 Å². The Labute approximate surface area is 121 Å². The first-order chi connectivity index (χ1) is 10.1. The van der Waals surface area contributed by atoms with Gasteiger partial charge < -0.3 is 15.2 Å². The van der Waals surface area contributed by atoms with Gasteiger partial charge in [-0.1, -0.05) is 0 Å². The van der Waals surface area contributed by atoms with E-state index in [9.17, 15) is 14.4 Å². The number of nitrogens with zero attached hydrogens (tertiary/aromatic N) is 1. The zero-order chi connectivity index (χ0) is 14.8. The molecule has 1 aliphatic heterocycles. The summed E-state index contributed by atoms with van der Waals surface area (Å²) in [6.07, 6.45) is 4.23. The third-order valence-corrected chi connectivity index (χ3v) is 4.09. The molecule has 3 N–H and O–H groups in total. The maximum absolute atomic E-state index is 12.6. The molecule has 1 aromatic heterocycles. The van der Waals surface area contributed by atoms with E-state index < -0.39 is 11.2 Å². The van der Waals surface area contributed by atoms with E-state index in [0.29, 0.717) is 12.5 Å². The summed E-state index contributed by atoms with van der Waals surface area (Å²) < 4.78 is 0. The topological polar surface area (TPSA) is 98.1 Å². The van der Waals surface area contributed by atoms with Crippen molar-refractivity contribution in [1.29, 1.82) is 0 Å². The van der Waals surface area contributed by atoms with Gasteiger partial charge in [0.1, 0.15) is 5.69 Å². The fourth-order valence-corrected chi connectivity index (χ4v) is 2.88. The van der Waals surface area contributed by atoms with Gasteiger partial charge in [-0.3, -0.25) is 14.6 Å². The summed E-state index contributed by atoms with van der Waals surface area (Å²) in [5, 5.41) is 3.35. The number of hydrogen-bond donors (Lipinski definition) is 3. The maximum Gasteiger partial charge on any atom is 0.326 e. The van der Waals surface area contributed by atoms with Crippen molar-refractivity contribution in [3.05, 3.63) is 32.6 Å². The Morgan fingerprint density at radius 1 is 1.24 bits per heavy atom. The molecule has 21 heavy (non-hydrogen) atoms. The fourth-order valence-electron chi connectivity index (χ4n) is 2.88. The summed E-state index contributed by atoms with van der Waals surface area (Å²) in [6.45, 7) is 2.64. The molecule has 0 spiro atoms. The molecular weight excluding hydrogens is 272 g/mol. The Hall–Kier alpha value is -1.89. The van der Waals surface area contributed by atoms with Crippen LogP contribution >= 0.6 is 0 Å². The van der Waals surface area contributed by atoms with Crippen molar-refractivity contribution in [1.82, 2.24) is 20.2 Å². The van der Waals surface area contributed by atoms with Crippen LogP contribution in [0.5, 0.6) is 0 Å². The standard InChI is InChI=1S/C14H20N4O3/c19-12-6-11(16-14(21)17-12)13(20)18(10-3-4-10)8-9-2-1-5-15-7-9/h6,9-10,15H,1-5,7-8H2,(H2,16,17,19,21). The minimum atomic E-state index is -0.638. The highest BCUT2D eigenvalue weighted by molar-refractivity contribution is 5.92. The molecule has 1 aromatic rings. The van der Waals surface area contributed by atoms with E-state index >= 15 is 0 Å². The number of carbonyl (C=O) groups is 1. The van der Waals surface area contributed by atoms with Gasteiger partial charge in [-0.25, -0.2) is 4.79 Å². The number of H-pyrrole nitrogens is 2. The molecule has 3 rings (SSSR count). The highest BCUT2D eigenvalue weighted by atomic mass is 16.2. The van der Waals surface area contributed by atoms with Crippen LogP contribution in [0.25, 0.3) is 0 Å². The number of aromatic amines is 2. The predicted octanol–water partition coefficient (Wildman–Crippen LogP) is -0.333. The van der Waals surface area contributed by atoms with Crippen molar-refractivity contribution in [2.75, 3.05) is 19.6 Å². The van der Waals surface area contributed by atoms with E-state index in [1.54, 1.807) is 0 Å². The van der Waals surface area contributed by atoms with E-state index in [2.05, 4.69) is 15.3 Å². The van der Waals surface area contributed by atoms with Crippen molar-refractivity contribution >= 4 is 5.91 Å². The van der Waals surface area contributed by atoms with Crippen molar-refractivity contribution in [2.45, 2.75) is 31.7 Å². The fraction of sp³-hybridized carbons (Fsp3) is 0.643. The quantitative estimate of drug-likeness (QED) is 0.707. The van der Waals surface area contributed by atoms with Gasteiger partial charge in [-0.15, -0.1) is 0 Å². The molecule has 7 nitrogen and oxygen atoms in total. The second kappa shape index (κ2) is 5.85. The Bertz CT molecular complexity index is 597. The van der Waals surface area contributed by atoms with Crippen molar-refractivity contribution in [3.63, 3.8) is 0 Å². The summed E-state index contributed by atoms with van der Waals surface area (Å²) in [5.41, 5.74) is -1.10. The van der Waals surface area contributed by atoms with Gasteiger partial charge in [0.2, 0.25) is 0 Å². The number of carbonyl (C=O) groups excluding carboxylic acids is 1. The van der Waals surface area contributed by atoms with E-state index in [0.717, 1.165) is 44.8 Å². The van der Waals surface area contributed by atoms with Crippen molar-refractivity contribution in [2.24, 2.45) is 5.92 Å². The zero-order valence-corrected chi connectivity index (χ0v) is 11.9. The minimum absolute atomic E-state index is 0.0828. The number of piperidine rings is 1. The number of nitrogens with one attached hydrogen (secondary N) is 3. The number of amides is 1. The van der Waals surface area contributed by atoms with Gasteiger partial charge in [-0.2, -0.15) is 0 Å². The third kappa shape index (κ3) is 3.41. The van der Waals surface area contributed by atoms with Crippen LogP contribution in [0.4, 0.5) is 0 Å². The normalized spacial score (nSPS) is 22.0. The maximum atomic E-state index is 12.6. The smallest absolute Gasteiger partial charge is 0.326 e. The van der Waals surface area contributed by atoms with E-state index in [1.807, 2.05) is 4.90 Å². The molecule has 1 saturated carbocycles. The molecule has 0 bridgehead atoms. The first-order valence-electron chi connectivity index (χ1n) is 7.49. The van der Waals surface area contributed by atoms with Crippen LogP contribution < -0.4 is 16.6 Å². The van der Waals surface area contributed by atoms with Gasteiger partial charge in [0, 0.05) is 18.7 Å². The molecule has 2 fully saturated rings. The van der Waals surface area contributed by atoms with Gasteiger partial charge >= 0.3 is 5.69 Å². The lowest BCUT2D eigenvalue weighted by molar-refractivity contribution is 0.0697. The Kier molecular flexibility index (Phi) is 3.92. The summed E-state index contributed by atoms with van der Waals surface area (Å²) in [4.78, 5) is 41.6. The predicted molar refractivity (Wildman–Crippen MR) is 77.3 cm³/mol. The van der Waals surface area contributed by atoms with Crippen LogP contribution in [0.3, 0.4) is 0 Å². The van der Waals surface area contributed by atoms with Gasteiger partial charge in [0.25, 0.3) is 11.5 Å². The van der Waals surface area contributed by atoms with Crippen LogP contribution in [0.1, 0.15) is 36.2 Å². The molecule has 1 unspecified atom stereocenters. The highest BCUT2D eigenvalue weighted by Crippen LogP contribution is 2.29. The molecule has 0 aromatic carbocycles. The average Bonchev–Trinajstić information content (AvgIpc) is 3.29. The molecule has 0 radical (unpaired) electrons. The molecule has 1 atom stereocenters. The van der Waals surface area contributed by atoms with Crippen molar-refractivity contribution < 1.29 is 4.79 Å². The Balaban J connectivity index is 1.78. The number of hydrogen-bond acceptors (Lipinski definition) is 4. The first kappa shape index (κ1) is 14.1. The Morgan fingerprint density at radius 2 is 2.05 bits per heavy atom. The second-order valence-electron chi connectivity index (χ2n) is 5.90. The van der Waals surface area contributed by atoms with E-state index in [1.165, 1.54) is 0 Å². The van der Waals surface area contributed by atoms with Gasteiger partial charge in [-0.05, 0) is 44.7 Å². The van der Waals surface area contributed by atoms with E-state index in [4.69, 9.17) is 0 Å². The van der Waals surface area contributed by atoms with Crippen LogP contribution in [0.15, 0.2) is 15.7 Å². The minimum Gasteiger partial charge on any atom is -0.334 e. The summed E-state index contributed by atoms with van der Waals surface area (Å²) >= 11 is 0. The molecule has 2 heterocycles. The summed E-state index contributed by atoms with van der Waals surface area (Å²) in [5.74, 6) is 0.197. The molecule has 1 amide bonds.